The molecule has 0 aliphatic carbocycles. The number of anilines is 16. The Balaban J connectivity index is 0.912. The summed E-state index contributed by atoms with van der Waals surface area (Å²) in [6.07, 6.45) is 16.7. The van der Waals surface area contributed by atoms with Crippen LogP contribution in [0.2, 0.25) is 0 Å². The first kappa shape index (κ1) is 49.7. The molecule has 2 saturated heterocycles. The summed E-state index contributed by atoms with van der Waals surface area (Å²) >= 11 is 0. The molecule has 0 radical (unpaired) electrons. The van der Waals surface area contributed by atoms with Crippen LogP contribution in [0.1, 0.15) is 86.5 Å². The lowest BCUT2D eigenvalue weighted by Gasteiger charge is -2.50. The molecule has 19 rings (SSSR count). The van der Waals surface area contributed by atoms with E-state index >= 15 is 0 Å². The van der Waals surface area contributed by atoms with Gasteiger partial charge in [-0.1, -0.05) is 91.0 Å². The van der Waals surface area contributed by atoms with Gasteiger partial charge in [-0.05, 0) is 224 Å². The number of aryl methyl sites for hydroxylation is 2. The number of para-hydroxylation sites is 4. The van der Waals surface area contributed by atoms with Crippen molar-refractivity contribution in [1.82, 2.24) is 0 Å². The lowest BCUT2D eigenvalue weighted by atomic mass is 9.30. The van der Waals surface area contributed by atoms with Crippen molar-refractivity contribution < 1.29 is 0 Å². The summed E-state index contributed by atoms with van der Waals surface area (Å²) in [5.74, 6) is 0. The molecule has 10 heterocycles. The largest absolute Gasteiger partial charge is 0.371 e. The number of fused-ring (bicyclic) bond motifs is 10. The quantitative estimate of drug-likeness (QED) is 0.152. The van der Waals surface area contributed by atoms with Crippen molar-refractivity contribution in [3.63, 3.8) is 0 Å². The van der Waals surface area contributed by atoms with Crippen LogP contribution in [0.15, 0.2) is 170 Å². The van der Waals surface area contributed by atoms with Gasteiger partial charge in [0.25, 0.3) is 13.4 Å². The SMILES string of the molecule is c1ccc(N2c3cc4c(cc3B3c5ccc(N6CCCCC6)c6c5N(CCC6)c5cc(N6CCCc7ccccc76)cc2c53)B2c3ccc(N5CCCCC5)c5c3N(CCC5)c3cc(N5CCCc6ccccc65)cc(c32)N4c2ccccc2)cc1. The number of hydrogen-bond donors (Lipinski definition) is 0. The molecule has 0 N–H and O–H groups in total. The van der Waals surface area contributed by atoms with Gasteiger partial charge in [0.15, 0.2) is 0 Å². The van der Waals surface area contributed by atoms with Crippen molar-refractivity contribution in [3.05, 3.63) is 192 Å². The van der Waals surface area contributed by atoms with Gasteiger partial charge in [0.2, 0.25) is 0 Å². The van der Waals surface area contributed by atoms with Gasteiger partial charge >= 0.3 is 0 Å². The second-order valence-corrected chi connectivity index (χ2v) is 26.3. The van der Waals surface area contributed by atoms with Gasteiger partial charge < -0.3 is 39.2 Å². The van der Waals surface area contributed by atoms with E-state index in [1.165, 1.54) is 173 Å². The maximum absolute atomic E-state index is 2.81. The molecule has 0 saturated carbocycles. The minimum atomic E-state index is 0.0181. The average Bonchev–Trinajstić information content (AvgIpc) is 0.742. The Morgan fingerprint density at radius 1 is 0.256 bits per heavy atom. The van der Waals surface area contributed by atoms with E-state index in [-0.39, 0.29) is 13.4 Å². The normalized spacial score (nSPS) is 18.4. The zero-order valence-corrected chi connectivity index (χ0v) is 49.5. The summed E-state index contributed by atoms with van der Waals surface area (Å²) in [5.41, 5.74) is 36.2. The first-order valence-electron chi connectivity index (χ1n) is 33.0. The fraction of sp³-hybridized carbons (Fsp3) is 0.289. The molecule has 0 amide bonds. The van der Waals surface area contributed by atoms with Crippen LogP contribution in [0.4, 0.5) is 91.0 Å². The maximum Gasteiger partial charge on any atom is 0.252 e. The summed E-state index contributed by atoms with van der Waals surface area (Å²) in [6, 6.07) is 67.6. The molecule has 0 unspecified atom stereocenters. The molecule has 10 aliphatic rings. The van der Waals surface area contributed by atoms with Gasteiger partial charge in [0, 0.05) is 143 Å². The van der Waals surface area contributed by atoms with E-state index in [0.717, 1.165) is 104 Å². The summed E-state index contributed by atoms with van der Waals surface area (Å²) in [4.78, 5) is 21.8. The first-order chi connectivity index (χ1) is 42.7. The highest BCUT2D eigenvalue weighted by molar-refractivity contribution is 7.03. The summed E-state index contributed by atoms with van der Waals surface area (Å²) < 4.78 is 0. The van der Waals surface area contributed by atoms with Crippen LogP contribution in [-0.4, -0.2) is 65.8 Å². The van der Waals surface area contributed by atoms with E-state index in [2.05, 4.69) is 209 Å². The monoisotopic (exact) mass is 1120 g/mol. The van der Waals surface area contributed by atoms with Crippen LogP contribution in [0.3, 0.4) is 0 Å². The third-order valence-corrected chi connectivity index (χ3v) is 21.8. The van der Waals surface area contributed by atoms with Gasteiger partial charge in [-0.2, -0.15) is 0 Å². The van der Waals surface area contributed by atoms with E-state index in [9.17, 15) is 0 Å². The van der Waals surface area contributed by atoms with E-state index in [4.69, 9.17) is 0 Å². The summed E-state index contributed by atoms with van der Waals surface area (Å²) in [6.45, 7) is 8.63. The lowest BCUT2D eigenvalue weighted by Crippen LogP contribution is -2.66. The van der Waals surface area contributed by atoms with E-state index < -0.39 is 0 Å². The molecule has 0 bridgehead atoms. The van der Waals surface area contributed by atoms with Gasteiger partial charge in [0.05, 0.1) is 0 Å². The fourth-order valence-corrected chi connectivity index (χ4v) is 18.2. The van der Waals surface area contributed by atoms with Crippen LogP contribution < -0.4 is 72.0 Å². The topological polar surface area (TPSA) is 25.9 Å². The smallest absolute Gasteiger partial charge is 0.252 e. The fourth-order valence-electron chi connectivity index (χ4n) is 18.2. The Kier molecular flexibility index (Phi) is 11.3. The van der Waals surface area contributed by atoms with Crippen molar-refractivity contribution in [2.24, 2.45) is 0 Å². The third kappa shape index (κ3) is 7.31. The van der Waals surface area contributed by atoms with Crippen molar-refractivity contribution in [3.8, 4) is 0 Å². The average molecular weight is 1120 g/mol. The van der Waals surface area contributed by atoms with Crippen LogP contribution in [0.5, 0.6) is 0 Å². The highest BCUT2D eigenvalue weighted by Gasteiger charge is 2.50. The van der Waals surface area contributed by atoms with Crippen LogP contribution in [0.25, 0.3) is 0 Å². The maximum atomic E-state index is 2.81. The summed E-state index contributed by atoms with van der Waals surface area (Å²) in [5, 5.41) is 0. The molecule has 8 nitrogen and oxygen atoms in total. The van der Waals surface area contributed by atoms with Crippen molar-refractivity contribution in [2.75, 3.05) is 91.6 Å². The Morgan fingerprint density at radius 2 is 0.663 bits per heavy atom. The second-order valence-electron chi connectivity index (χ2n) is 26.3. The predicted molar refractivity (Wildman–Crippen MR) is 364 cm³/mol. The molecule has 0 atom stereocenters. The van der Waals surface area contributed by atoms with Crippen LogP contribution >= 0.6 is 0 Å². The first-order valence-corrected chi connectivity index (χ1v) is 33.0. The molecule has 9 aromatic carbocycles. The highest BCUT2D eigenvalue weighted by atomic mass is 15.2. The minimum absolute atomic E-state index is 0.0181. The molecular formula is C76H72B2N8. The lowest BCUT2D eigenvalue weighted by molar-refractivity contribution is 0.575. The number of piperidine rings is 2. The summed E-state index contributed by atoms with van der Waals surface area (Å²) in [7, 11) is 0. The van der Waals surface area contributed by atoms with E-state index in [1.54, 1.807) is 11.1 Å². The second kappa shape index (κ2) is 19.5. The zero-order chi connectivity index (χ0) is 56.1. The Labute approximate surface area is 508 Å². The van der Waals surface area contributed by atoms with Gasteiger partial charge in [-0.3, -0.25) is 0 Å². The number of nitrogens with zero attached hydrogens (tertiary/aromatic N) is 8. The molecule has 422 valence electrons. The van der Waals surface area contributed by atoms with E-state index in [1.807, 2.05) is 0 Å². The number of rotatable bonds is 6. The Morgan fingerprint density at radius 3 is 1.13 bits per heavy atom. The molecule has 10 aliphatic heterocycles. The van der Waals surface area contributed by atoms with Gasteiger partial charge in [0.1, 0.15) is 0 Å². The van der Waals surface area contributed by atoms with Crippen molar-refractivity contribution in [2.45, 2.75) is 89.9 Å². The minimum Gasteiger partial charge on any atom is -0.371 e. The van der Waals surface area contributed by atoms with Crippen LogP contribution in [-0.2, 0) is 25.7 Å². The molecular weight excluding hydrogens is 1050 g/mol. The van der Waals surface area contributed by atoms with Crippen LogP contribution in [0, 0.1) is 0 Å². The molecule has 9 aromatic rings. The zero-order valence-electron chi connectivity index (χ0n) is 49.5. The van der Waals surface area contributed by atoms with Gasteiger partial charge in [-0.15, -0.1) is 0 Å². The Bertz CT molecular complexity index is 3980. The van der Waals surface area contributed by atoms with E-state index in [0.29, 0.717) is 0 Å². The van der Waals surface area contributed by atoms with Gasteiger partial charge in [-0.25, -0.2) is 0 Å². The number of benzene rings is 9. The molecule has 86 heavy (non-hydrogen) atoms. The highest BCUT2D eigenvalue weighted by Crippen LogP contribution is 2.53. The standard InChI is InChI=1S/C76H72B2N8/c1-5-25-53(26-6-1)85-67-50-68-62(49-61(67)77-59-33-35-65(79-37-13-3-14-38-79)57-29-19-43-83(75(57)59)69-45-55(47-71(85)73(69)77)81-41-17-23-51-21-9-11-31-63(51)81)78-60-34-36-66(80-39-15-4-16-40-80)58-30-20-44-84(76(58)60)70-46-56(82-42-18-24-52-22-10-12-32-64(52)82)48-72(74(70)78)86(68)54-27-7-2-8-28-54/h1-2,5-12,21-22,25-28,31-36,45-50H,3-4,13-20,23-24,29-30,37-44H2. The molecule has 0 aromatic heterocycles. The van der Waals surface area contributed by atoms with Crippen molar-refractivity contribution >= 4 is 137 Å². The van der Waals surface area contributed by atoms with Crippen molar-refractivity contribution in [1.29, 1.82) is 0 Å². The third-order valence-electron chi connectivity index (χ3n) is 21.8. The predicted octanol–water partition coefficient (Wildman–Crippen LogP) is 13.2. The Hall–Kier alpha value is -8.49. The number of hydrogen-bond acceptors (Lipinski definition) is 8. The molecule has 10 heteroatoms. The molecule has 2 fully saturated rings. The molecule has 0 spiro atoms.